The number of anilines is 2. The number of piperidine rings is 1. The fourth-order valence-electron chi connectivity index (χ4n) is 2.94. The summed E-state index contributed by atoms with van der Waals surface area (Å²) in [6.45, 7) is 1.75. The quantitative estimate of drug-likeness (QED) is 0.811. The first-order valence-electron chi connectivity index (χ1n) is 8.65. The molecule has 1 saturated heterocycles. The van der Waals surface area contributed by atoms with Crippen molar-refractivity contribution >= 4 is 29.0 Å². The number of aliphatic hydroxyl groups is 1. The van der Waals surface area contributed by atoms with Crippen LogP contribution in [0.2, 0.25) is 5.02 Å². The second kappa shape index (κ2) is 8.87. The van der Waals surface area contributed by atoms with Gasteiger partial charge in [-0.3, -0.25) is 4.79 Å². The van der Waals surface area contributed by atoms with Gasteiger partial charge >= 0.3 is 0 Å². The molecule has 1 aromatic carbocycles. The molecule has 2 N–H and O–H groups in total. The van der Waals surface area contributed by atoms with E-state index < -0.39 is 0 Å². The Hall–Kier alpha value is -2.31. The molecule has 1 aliphatic heterocycles. The molecule has 0 aliphatic carbocycles. The first kappa shape index (κ1) is 18.5. The van der Waals surface area contributed by atoms with Gasteiger partial charge in [0.25, 0.3) is 5.91 Å². The predicted molar refractivity (Wildman–Crippen MR) is 102 cm³/mol. The number of carbonyl (C=O) groups is 1. The highest BCUT2D eigenvalue weighted by atomic mass is 35.5. The maximum Gasteiger partial charge on any atom is 0.262 e. The van der Waals surface area contributed by atoms with Gasteiger partial charge in [0, 0.05) is 30.9 Å². The first-order valence-corrected chi connectivity index (χ1v) is 9.02. The normalized spacial score (nSPS) is 14.9. The van der Waals surface area contributed by atoms with Gasteiger partial charge in [-0.25, -0.2) is 4.98 Å². The molecule has 7 heteroatoms. The Kier molecular flexibility index (Phi) is 6.30. The molecule has 0 radical (unpaired) electrons. The van der Waals surface area contributed by atoms with Crippen molar-refractivity contribution < 1.29 is 14.6 Å². The number of nitrogens with one attached hydrogen (secondary N) is 1. The summed E-state index contributed by atoms with van der Waals surface area (Å²) in [5.74, 6) is 1.44. The maximum atomic E-state index is 12.2. The van der Waals surface area contributed by atoms with Gasteiger partial charge < -0.3 is 20.1 Å². The van der Waals surface area contributed by atoms with Crippen LogP contribution in [0.4, 0.5) is 11.5 Å². The zero-order valence-corrected chi connectivity index (χ0v) is 15.2. The summed E-state index contributed by atoms with van der Waals surface area (Å²) in [5.41, 5.74) is 0.666. The molecular weight excluding hydrogens is 354 g/mol. The summed E-state index contributed by atoms with van der Waals surface area (Å²) in [7, 11) is 0. The monoisotopic (exact) mass is 375 g/mol. The number of benzene rings is 1. The average Bonchev–Trinajstić information content (AvgIpc) is 2.68. The lowest BCUT2D eigenvalue weighted by molar-refractivity contribution is -0.118. The molecule has 2 heterocycles. The summed E-state index contributed by atoms with van der Waals surface area (Å²) >= 11 is 5.83. The SMILES string of the molecule is O=C(COc1ccc(Cl)cc1)Nc1cccnc1N1CCC(CO)CC1. The van der Waals surface area contributed by atoms with Gasteiger partial charge in [-0.2, -0.15) is 0 Å². The van der Waals surface area contributed by atoms with Crippen LogP contribution in [0.5, 0.6) is 5.75 Å². The molecule has 0 spiro atoms. The Bertz CT molecular complexity index is 731. The maximum absolute atomic E-state index is 12.2. The molecule has 3 rings (SSSR count). The second-order valence-electron chi connectivity index (χ2n) is 6.28. The number of nitrogens with zero attached hydrogens (tertiary/aromatic N) is 2. The number of hydrogen-bond acceptors (Lipinski definition) is 5. The zero-order chi connectivity index (χ0) is 18.4. The highest BCUT2D eigenvalue weighted by molar-refractivity contribution is 6.30. The molecule has 0 unspecified atom stereocenters. The Morgan fingerprint density at radius 1 is 1.27 bits per heavy atom. The Morgan fingerprint density at radius 3 is 2.69 bits per heavy atom. The standard InChI is InChI=1S/C19H22ClN3O3/c20-15-3-5-16(6-4-15)26-13-18(25)22-17-2-1-9-21-19(17)23-10-7-14(12-24)8-11-23/h1-6,9,14,24H,7-8,10-13H2,(H,22,25). The number of amides is 1. The summed E-state index contributed by atoms with van der Waals surface area (Å²) in [6.07, 6.45) is 3.55. The smallest absolute Gasteiger partial charge is 0.262 e. The van der Waals surface area contributed by atoms with Gasteiger partial charge in [0.1, 0.15) is 5.75 Å². The zero-order valence-electron chi connectivity index (χ0n) is 14.4. The summed E-state index contributed by atoms with van der Waals surface area (Å²) < 4.78 is 5.48. The van der Waals surface area contributed by atoms with Crippen LogP contribution in [0.3, 0.4) is 0 Å². The van der Waals surface area contributed by atoms with E-state index in [0.29, 0.717) is 22.4 Å². The first-order chi connectivity index (χ1) is 12.7. The van der Waals surface area contributed by atoms with Crippen LogP contribution in [-0.2, 0) is 4.79 Å². The molecule has 1 fully saturated rings. The van der Waals surface area contributed by atoms with E-state index in [1.165, 1.54) is 0 Å². The third kappa shape index (κ3) is 4.86. The van der Waals surface area contributed by atoms with Crippen molar-refractivity contribution in [2.75, 3.05) is 36.5 Å². The fraction of sp³-hybridized carbons (Fsp3) is 0.368. The molecule has 6 nitrogen and oxygen atoms in total. The van der Waals surface area contributed by atoms with E-state index in [-0.39, 0.29) is 19.1 Å². The third-order valence-electron chi connectivity index (χ3n) is 4.42. The molecule has 0 bridgehead atoms. The van der Waals surface area contributed by atoms with Crippen LogP contribution < -0.4 is 15.0 Å². The van der Waals surface area contributed by atoms with E-state index in [4.69, 9.17) is 16.3 Å². The largest absolute Gasteiger partial charge is 0.484 e. The van der Waals surface area contributed by atoms with Crippen molar-refractivity contribution in [2.24, 2.45) is 5.92 Å². The van der Waals surface area contributed by atoms with Gasteiger partial charge in [0.05, 0.1) is 5.69 Å². The van der Waals surface area contributed by atoms with E-state index in [1.807, 2.05) is 6.07 Å². The van der Waals surface area contributed by atoms with Gasteiger partial charge in [0.2, 0.25) is 0 Å². The van der Waals surface area contributed by atoms with Crippen molar-refractivity contribution in [3.05, 3.63) is 47.6 Å². The number of hydrogen-bond donors (Lipinski definition) is 2. The van der Waals surface area contributed by atoms with Crippen LogP contribution >= 0.6 is 11.6 Å². The minimum atomic E-state index is -0.251. The number of carbonyl (C=O) groups excluding carboxylic acids is 1. The Balaban J connectivity index is 1.59. The van der Waals surface area contributed by atoms with E-state index >= 15 is 0 Å². The lowest BCUT2D eigenvalue weighted by Crippen LogP contribution is -2.36. The molecule has 138 valence electrons. The van der Waals surface area contributed by atoms with Gasteiger partial charge in [-0.05, 0) is 55.2 Å². The van der Waals surface area contributed by atoms with Crippen LogP contribution in [0.25, 0.3) is 0 Å². The van der Waals surface area contributed by atoms with Crippen LogP contribution in [-0.4, -0.2) is 42.3 Å². The van der Waals surface area contributed by atoms with Crippen molar-refractivity contribution in [1.82, 2.24) is 4.98 Å². The molecule has 26 heavy (non-hydrogen) atoms. The summed E-state index contributed by atoms with van der Waals surface area (Å²) in [4.78, 5) is 18.8. The molecule has 0 saturated carbocycles. The molecular formula is C19H22ClN3O3. The van der Waals surface area contributed by atoms with Crippen molar-refractivity contribution in [1.29, 1.82) is 0 Å². The number of halogens is 1. The van der Waals surface area contributed by atoms with Crippen LogP contribution in [0.15, 0.2) is 42.6 Å². The highest BCUT2D eigenvalue weighted by Gasteiger charge is 2.21. The number of ether oxygens (including phenoxy) is 1. The minimum absolute atomic E-state index is 0.0947. The van der Waals surface area contributed by atoms with Crippen LogP contribution in [0, 0.1) is 5.92 Å². The van der Waals surface area contributed by atoms with E-state index in [2.05, 4.69) is 15.2 Å². The molecule has 1 aromatic heterocycles. The number of rotatable bonds is 6. The lowest BCUT2D eigenvalue weighted by atomic mass is 9.98. The van der Waals surface area contributed by atoms with Gasteiger partial charge in [-0.15, -0.1) is 0 Å². The second-order valence-corrected chi connectivity index (χ2v) is 6.71. The van der Waals surface area contributed by atoms with E-state index in [9.17, 15) is 9.90 Å². The number of aliphatic hydroxyl groups excluding tert-OH is 1. The molecule has 0 atom stereocenters. The number of pyridine rings is 1. The minimum Gasteiger partial charge on any atom is -0.484 e. The Labute approximate surface area is 157 Å². The highest BCUT2D eigenvalue weighted by Crippen LogP contribution is 2.27. The van der Waals surface area contributed by atoms with E-state index in [0.717, 1.165) is 31.7 Å². The molecule has 1 amide bonds. The van der Waals surface area contributed by atoms with Gasteiger partial charge in [0.15, 0.2) is 12.4 Å². The van der Waals surface area contributed by atoms with Crippen molar-refractivity contribution in [3.63, 3.8) is 0 Å². The third-order valence-corrected chi connectivity index (χ3v) is 4.67. The summed E-state index contributed by atoms with van der Waals surface area (Å²) in [6, 6.07) is 10.5. The van der Waals surface area contributed by atoms with Crippen LogP contribution in [0.1, 0.15) is 12.8 Å². The van der Waals surface area contributed by atoms with E-state index in [1.54, 1.807) is 36.5 Å². The topological polar surface area (TPSA) is 74.7 Å². The lowest BCUT2D eigenvalue weighted by Gasteiger charge is -2.33. The van der Waals surface area contributed by atoms with Crippen molar-refractivity contribution in [2.45, 2.75) is 12.8 Å². The molecule has 2 aromatic rings. The summed E-state index contributed by atoms with van der Waals surface area (Å²) in [5, 5.41) is 12.8. The Morgan fingerprint density at radius 2 is 2.00 bits per heavy atom. The molecule has 1 aliphatic rings. The fourth-order valence-corrected chi connectivity index (χ4v) is 3.07. The number of aromatic nitrogens is 1. The van der Waals surface area contributed by atoms with Crippen molar-refractivity contribution in [3.8, 4) is 5.75 Å². The predicted octanol–water partition coefficient (Wildman–Crippen LogP) is 2.96. The average molecular weight is 376 g/mol. The van der Waals surface area contributed by atoms with Gasteiger partial charge in [-0.1, -0.05) is 11.6 Å².